The second-order valence-corrected chi connectivity index (χ2v) is 7.00. The maximum Gasteiger partial charge on any atom is 0.337 e. The van der Waals surface area contributed by atoms with E-state index < -0.39 is 17.6 Å². The first-order valence-electron chi connectivity index (χ1n) is 7.13. The molecule has 7 heteroatoms. The molecule has 0 aromatic heterocycles. The van der Waals surface area contributed by atoms with Crippen molar-refractivity contribution in [2.75, 3.05) is 7.11 Å². The summed E-state index contributed by atoms with van der Waals surface area (Å²) < 4.78 is 4.88. The van der Waals surface area contributed by atoms with E-state index in [1.54, 1.807) is 18.2 Å². The van der Waals surface area contributed by atoms with Crippen LogP contribution < -0.4 is 0 Å². The van der Waals surface area contributed by atoms with Crippen LogP contribution in [-0.4, -0.2) is 34.5 Å². The van der Waals surface area contributed by atoms with Crippen LogP contribution in [0.5, 0.6) is 0 Å². The molecule has 2 aliphatic heterocycles. The van der Waals surface area contributed by atoms with E-state index in [-0.39, 0.29) is 5.91 Å². The molecule has 0 N–H and O–H groups in total. The molecular weight excluding hydrogens is 339 g/mol. The first-order chi connectivity index (χ1) is 10.8. The highest BCUT2D eigenvalue weighted by Crippen LogP contribution is 2.49. The van der Waals surface area contributed by atoms with Gasteiger partial charge in [-0.15, -0.1) is 0 Å². The number of methoxy groups -OCH3 is 1. The van der Waals surface area contributed by atoms with Gasteiger partial charge in [0.25, 0.3) is 0 Å². The van der Waals surface area contributed by atoms with Gasteiger partial charge in [-0.05, 0) is 26.0 Å². The molecule has 5 nitrogen and oxygen atoms in total. The van der Waals surface area contributed by atoms with Crippen molar-refractivity contribution in [2.24, 2.45) is 0 Å². The highest BCUT2D eigenvalue weighted by Gasteiger charge is 2.53. The second kappa shape index (κ2) is 5.51. The van der Waals surface area contributed by atoms with Gasteiger partial charge in [0.05, 0.1) is 18.7 Å². The van der Waals surface area contributed by atoms with Gasteiger partial charge < -0.3 is 4.74 Å². The Labute approximate surface area is 144 Å². The molecule has 23 heavy (non-hydrogen) atoms. The quantitative estimate of drug-likeness (QED) is 0.764. The Morgan fingerprint density at radius 2 is 1.91 bits per heavy atom. The number of hydrogen-bond donors (Lipinski definition) is 0. The average molecular weight is 355 g/mol. The number of halogens is 2. The van der Waals surface area contributed by atoms with Crippen molar-refractivity contribution in [3.63, 3.8) is 0 Å². The fourth-order valence-corrected chi connectivity index (χ4v) is 3.82. The van der Waals surface area contributed by atoms with Crippen LogP contribution >= 0.6 is 23.2 Å². The van der Waals surface area contributed by atoms with Crippen LogP contribution in [0.25, 0.3) is 0 Å². The topological polar surface area (TPSA) is 49.9 Å². The second-order valence-electron chi connectivity index (χ2n) is 6.19. The van der Waals surface area contributed by atoms with E-state index in [1.807, 2.05) is 18.9 Å². The molecule has 1 saturated heterocycles. The molecule has 2 aliphatic rings. The van der Waals surface area contributed by atoms with Gasteiger partial charge in [0, 0.05) is 33.8 Å². The molecule has 1 unspecified atom stereocenters. The Kier molecular flexibility index (Phi) is 3.91. The molecule has 122 valence electrons. The largest absolute Gasteiger partial charge is 0.466 e. The number of ether oxygens (including phenoxy) is 1. The monoisotopic (exact) mass is 354 g/mol. The fraction of sp³-hybridized carbons (Fsp3) is 0.375. The van der Waals surface area contributed by atoms with Gasteiger partial charge in [-0.3, -0.25) is 4.79 Å². The summed E-state index contributed by atoms with van der Waals surface area (Å²) in [7, 11) is 1.31. The minimum Gasteiger partial charge on any atom is -0.466 e. The van der Waals surface area contributed by atoms with Gasteiger partial charge in [-0.2, -0.15) is 5.01 Å². The molecule has 0 radical (unpaired) electrons. The minimum absolute atomic E-state index is 0.0814. The van der Waals surface area contributed by atoms with E-state index in [2.05, 4.69) is 0 Å². The van der Waals surface area contributed by atoms with Crippen molar-refractivity contribution in [2.45, 2.75) is 31.8 Å². The summed E-state index contributed by atoms with van der Waals surface area (Å²) in [5.41, 5.74) is 0.456. The van der Waals surface area contributed by atoms with Crippen molar-refractivity contribution in [3.8, 4) is 0 Å². The molecule has 0 bridgehead atoms. The lowest BCUT2D eigenvalue weighted by atomic mass is 9.93. The lowest BCUT2D eigenvalue weighted by Gasteiger charge is -2.37. The van der Waals surface area contributed by atoms with E-state index in [0.29, 0.717) is 27.6 Å². The highest BCUT2D eigenvalue weighted by atomic mass is 35.5. The summed E-state index contributed by atoms with van der Waals surface area (Å²) in [6.07, 6.45) is 1.86. The first-order valence-corrected chi connectivity index (χ1v) is 7.89. The lowest BCUT2D eigenvalue weighted by molar-refractivity contribution is -0.138. The van der Waals surface area contributed by atoms with Crippen LogP contribution in [0, 0.1) is 0 Å². The van der Waals surface area contributed by atoms with Crippen molar-refractivity contribution in [3.05, 3.63) is 45.6 Å². The molecule has 1 fully saturated rings. The van der Waals surface area contributed by atoms with E-state index in [1.165, 1.54) is 18.3 Å². The zero-order valence-corrected chi connectivity index (χ0v) is 14.5. The van der Waals surface area contributed by atoms with E-state index in [4.69, 9.17) is 27.9 Å². The standard InChI is InChI=1S/C16H16Cl2N2O3/c1-16(2)7-12(21)19-8-9(15(22)23-3)14(20(16)19)13-10(17)5-4-6-11(13)18/h4-6,8,14H,7H2,1-3H3. The van der Waals surface area contributed by atoms with Gasteiger partial charge in [0.2, 0.25) is 5.91 Å². The molecule has 1 amide bonds. The van der Waals surface area contributed by atoms with Gasteiger partial charge in [-0.25, -0.2) is 9.80 Å². The third kappa shape index (κ3) is 2.43. The predicted molar refractivity (Wildman–Crippen MR) is 86.7 cm³/mol. The number of benzene rings is 1. The van der Waals surface area contributed by atoms with Crippen LogP contribution in [0.3, 0.4) is 0 Å². The van der Waals surface area contributed by atoms with Crippen molar-refractivity contribution >= 4 is 35.1 Å². The lowest BCUT2D eigenvalue weighted by Crippen LogP contribution is -2.44. The van der Waals surface area contributed by atoms with Crippen molar-refractivity contribution in [1.82, 2.24) is 10.0 Å². The summed E-state index contributed by atoms with van der Waals surface area (Å²) in [5, 5.41) is 4.19. The number of rotatable bonds is 2. The van der Waals surface area contributed by atoms with Gasteiger partial charge in [0.15, 0.2) is 0 Å². The Balaban J connectivity index is 2.20. The maximum absolute atomic E-state index is 12.3. The van der Waals surface area contributed by atoms with Crippen LogP contribution in [0.1, 0.15) is 31.9 Å². The Bertz CT molecular complexity index is 710. The van der Waals surface area contributed by atoms with Gasteiger partial charge in [-0.1, -0.05) is 29.3 Å². The first kappa shape index (κ1) is 16.3. The van der Waals surface area contributed by atoms with E-state index in [9.17, 15) is 9.59 Å². The zero-order valence-electron chi connectivity index (χ0n) is 13.0. The molecule has 1 aromatic carbocycles. The average Bonchev–Trinajstić information content (AvgIpc) is 2.96. The minimum atomic E-state index is -0.565. The number of hydrazine groups is 1. The number of carbonyl (C=O) groups excluding carboxylic acids is 2. The summed E-state index contributed by atoms with van der Waals surface area (Å²) in [4.78, 5) is 24.5. The van der Waals surface area contributed by atoms with Crippen molar-refractivity contribution < 1.29 is 14.3 Å². The zero-order chi connectivity index (χ0) is 16.9. The fourth-order valence-electron chi connectivity index (χ4n) is 3.22. The van der Waals surface area contributed by atoms with Crippen LogP contribution in [0.4, 0.5) is 0 Å². The maximum atomic E-state index is 12.3. The molecule has 0 spiro atoms. The number of carbonyl (C=O) groups is 2. The number of fused-ring (bicyclic) bond motifs is 1. The number of nitrogens with zero attached hydrogens (tertiary/aromatic N) is 2. The Morgan fingerprint density at radius 3 is 2.48 bits per heavy atom. The van der Waals surface area contributed by atoms with E-state index >= 15 is 0 Å². The molecule has 2 heterocycles. The normalized spacial score (nSPS) is 23.0. The highest BCUT2D eigenvalue weighted by molar-refractivity contribution is 6.36. The van der Waals surface area contributed by atoms with Gasteiger partial charge >= 0.3 is 5.97 Å². The SMILES string of the molecule is COC(=O)C1=CN2C(=O)CC(C)(C)N2C1c1c(Cl)cccc1Cl. The van der Waals surface area contributed by atoms with Crippen LogP contribution in [0.2, 0.25) is 10.0 Å². The van der Waals surface area contributed by atoms with Crippen LogP contribution in [-0.2, 0) is 14.3 Å². The summed E-state index contributed by atoms with van der Waals surface area (Å²) in [6, 6.07) is 4.60. The molecule has 1 aromatic rings. The molecule has 0 saturated carbocycles. The van der Waals surface area contributed by atoms with Crippen LogP contribution in [0.15, 0.2) is 30.0 Å². The molecule has 0 aliphatic carbocycles. The summed E-state index contributed by atoms with van der Waals surface area (Å²) >= 11 is 12.7. The molecule has 3 rings (SSSR count). The molecule has 1 atom stereocenters. The Morgan fingerprint density at radius 1 is 1.30 bits per heavy atom. The third-order valence-electron chi connectivity index (χ3n) is 4.19. The van der Waals surface area contributed by atoms with Gasteiger partial charge in [0.1, 0.15) is 0 Å². The predicted octanol–water partition coefficient (Wildman–Crippen LogP) is 3.33. The Hall–Kier alpha value is -1.56. The van der Waals surface area contributed by atoms with Crippen molar-refractivity contribution in [1.29, 1.82) is 0 Å². The molecular formula is C16H16Cl2N2O3. The number of esters is 1. The van der Waals surface area contributed by atoms with E-state index in [0.717, 1.165) is 0 Å². The summed E-state index contributed by atoms with van der Waals surface area (Å²) in [5.74, 6) is -0.592. The smallest absolute Gasteiger partial charge is 0.337 e. The third-order valence-corrected chi connectivity index (χ3v) is 4.85. The number of hydrogen-bond acceptors (Lipinski definition) is 4. The summed E-state index contributed by atoms with van der Waals surface area (Å²) in [6.45, 7) is 3.88. The number of amides is 1.